The van der Waals surface area contributed by atoms with E-state index in [9.17, 15) is 9.59 Å². The summed E-state index contributed by atoms with van der Waals surface area (Å²) in [5, 5.41) is 3.06. The maximum Gasteiger partial charge on any atom is 0.410 e. The van der Waals surface area contributed by atoms with Crippen LogP contribution in [0.4, 0.5) is 9.59 Å². The molecule has 0 spiro atoms. The molecule has 0 radical (unpaired) electrons. The number of rotatable bonds is 5. The summed E-state index contributed by atoms with van der Waals surface area (Å²) in [6, 6.07) is 14.3. The SMILES string of the molecule is CC(C)(C)OC(=O)NC1CCCC1c1ncc(-c2ccc(-c3ccc4c(c3)OCCc3oc(C5CCCN5C(=O)OC(C)(C)C)nc3-4)cc2)[nH]1. The van der Waals surface area contributed by atoms with Crippen LogP contribution in [0.15, 0.2) is 53.1 Å². The number of aromatic amines is 1. The van der Waals surface area contributed by atoms with Gasteiger partial charge in [-0.1, -0.05) is 36.8 Å². The van der Waals surface area contributed by atoms with E-state index >= 15 is 0 Å². The number of nitrogens with zero attached hydrogens (tertiary/aromatic N) is 3. The number of imidazole rings is 1. The van der Waals surface area contributed by atoms with E-state index in [0.29, 0.717) is 25.5 Å². The van der Waals surface area contributed by atoms with Crippen LogP contribution in [0.2, 0.25) is 0 Å². The lowest BCUT2D eigenvalue weighted by molar-refractivity contribution is 0.0202. The molecule has 1 saturated carbocycles. The van der Waals surface area contributed by atoms with Crippen LogP contribution in [0.25, 0.3) is 33.6 Å². The van der Waals surface area contributed by atoms with Gasteiger partial charge in [0.05, 0.1) is 18.5 Å². The van der Waals surface area contributed by atoms with Gasteiger partial charge in [-0.25, -0.2) is 19.6 Å². The van der Waals surface area contributed by atoms with Crippen LogP contribution < -0.4 is 10.1 Å². The summed E-state index contributed by atoms with van der Waals surface area (Å²) in [6.45, 7) is 12.3. The fourth-order valence-corrected chi connectivity index (χ4v) is 7.16. The highest BCUT2D eigenvalue weighted by Gasteiger charge is 2.38. The Labute approximate surface area is 293 Å². The predicted octanol–water partition coefficient (Wildman–Crippen LogP) is 8.57. The molecule has 0 bridgehead atoms. The zero-order valence-electron chi connectivity index (χ0n) is 29.8. The smallest absolute Gasteiger partial charge is 0.410 e. The number of carbonyl (C=O) groups is 2. The van der Waals surface area contributed by atoms with Crippen LogP contribution in [-0.2, 0) is 15.9 Å². The lowest BCUT2D eigenvalue weighted by atomic mass is 10.00. The average Bonchev–Trinajstić information content (AvgIpc) is 3.85. The van der Waals surface area contributed by atoms with Crippen molar-refractivity contribution in [1.82, 2.24) is 25.2 Å². The number of likely N-dealkylation sites (tertiary alicyclic amines) is 1. The van der Waals surface area contributed by atoms with Gasteiger partial charge in [0.1, 0.15) is 40.3 Å². The number of amides is 2. The van der Waals surface area contributed by atoms with E-state index in [1.165, 1.54) is 0 Å². The Bertz CT molecular complexity index is 1860. The number of benzene rings is 2. The monoisotopic (exact) mass is 681 g/mol. The third-order valence-electron chi connectivity index (χ3n) is 9.40. The first kappa shape index (κ1) is 33.7. The Hall–Kier alpha value is -4.80. The van der Waals surface area contributed by atoms with Gasteiger partial charge >= 0.3 is 12.2 Å². The van der Waals surface area contributed by atoms with Crippen LogP contribution >= 0.6 is 0 Å². The van der Waals surface area contributed by atoms with Gasteiger partial charge in [-0.15, -0.1) is 0 Å². The van der Waals surface area contributed by atoms with Crippen molar-refractivity contribution in [1.29, 1.82) is 0 Å². The van der Waals surface area contributed by atoms with E-state index in [2.05, 4.69) is 46.7 Å². The molecular formula is C39H47N5O6. The molecule has 4 heterocycles. The van der Waals surface area contributed by atoms with Gasteiger partial charge in [-0.2, -0.15) is 0 Å². The highest BCUT2D eigenvalue weighted by atomic mass is 16.6. The molecule has 7 rings (SSSR count). The molecule has 3 unspecified atom stereocenters. The van der Waals surface area contributed by atoms with Gasteiger partial charge in [0, 0.05) is 30.5 Å². The zero-order chi connectivity index (χ0) is 35.2. The number of H-pyrrole nitrogens is 1. The number of hydrogen-bond acceptors (Lipinski definition) is 8. The molecular weight excluding hydrogens is 634 g/mol. The maximum atomic E-state index is 12.9. The van der Waals surface area contributed by atoms with Gasteiger partial charge in [0.15, 0.2) is 0 Å². The fraction of sp³-hybridized carbons (Fsp3) is 0.487. The van der Waals surface area contributed by atoms with Crippen molar-refractivity contribution in [3.8, 4) is 39.4 Å². The van der Waals surface area contributed by atoms with Gasteiger partial charge in [-0.3, -0.25) is 4.90 Å². The Morgan fingerprint density at radius 2 is 1.66 bits per heavy atom. The lowest BCUT2D eigenvalue weighted by Crippen LogP contribution is -2.40. The average molecular weight is 682 g/mol. The topological polar surface area (TPSA) is 132 Å². The van der Waals surface area contributed by atoms with E-state index in [4.69, 9.17) is 28.6 Å². The molecule has 2 aromatic heterocycles. The standard InChI is InChI=1S/C39H47N5O6/c1-38(2,3)49-36(45)42-28-10-7-9-26(28)34-40-22-29(41-34)24-14-12-23(13-15-24)25-16-17-27-32(21-25)47-20-18-31-33(27)43-35(48-31)30-11-8-19-44(30)37(46)50-39(4,5)6/h12-17,21-22,26,28,30H,7-11,18-20H2,1-6H3,(H,40,41)(H,42,45). The second-order valence-electron chi connectivity index (χ2n) is 15.5. The second-order valence-corrected chi connectivity index (χ2v) is 15.5. The van der Waals surface area contributed by atoms with Crippen LogP contribution in [0, 0.1) is 0 Å². The van der Waals surface area contributed by atoms with Crippen molar-refractivity contribution in [2.75, 3.05) is 13.2 Å². The molecule has 2 amide bonds. The molecule has 50 heavy (non-hydrogen) atoms. The van der Waals surface area contributed by atoms with E-state index in [1.54, 1.807) is 4.90 Å². The van der Waals surface area contributed by atoms with Crippen LogP contribution in [0.1, 0.15) is 103 Å². The van der Waals surface area contributed by atoms with Crippen molar-refractivity contribution >= 4 is 12.2 Å². The Morgan fingerprint density at radius 3 is 2.42 bits per heavy atom. The molecule has 3 aliphatic rings. The molecule has 1 aliphatic carbocycles. The molecule has 2 aliphatic heterocycles. The molecule has 264 valence electrons. The first-order valence-electron chi connectivity index (χ1n) is 17.7. The highest BCUT2D eigenvalue weighted by Crippen LogP contribution is 2.42. The predicted molar refractivity (Wildman–Crippen MR) is 189 cm³/mol. The van der Waals surface area contributed by atoms with E-state index in [0.717, 1.165) is 83.1 Å². The molecule has 1 saturated heterocycles. The molecule has 2 aromatic carbocycles. The number of nitrogens with one attached hydrogen (secondary N) is 2. The highest BCUT2D eigenvalue weighted by molar-refractivity contribution is 5.77. The third kappa shape index (κ3) is 7.22. The minimum absolute atomic E-state index is 0.0174. The minimum atomic E-state index is -0.572. The largest absolute Gasteiger partial charge is 0.492 e. The number of ether oxygens (including phenoxy) is 3. The quantitative estimate of drug-likeness (QED) is 0.214. The van der Waals surface area contributed by atoms with Crippen molar-refractivity contribution in [2.24, 2.45) is 0 Å². The molecule has 2 N–H and O–H groups in total. The van der Waals surface area contributed by atoms with Crippen LogP contribution in [0.3, 0.4) is 0 Å². The first-order valence-corrected chi connectivity index (χ1v) is 17.7. The molecule has 2 fully saturated rings. The number of aromatic nitrogens is 3. The van der Waals surface area contributed by atoms with Gasteiger partial charge < -0.3 is 28.9 Å². The molecule has 11 heteroatoms. The maximum absolute atomic E-state index is 12.9. The lowest BCUT2D eigenvalue weighted by Gasteiger charge is -2.27. The summed E-state index contributed by atoms with van der Waals surface area (Å²) in [7, 11) is 0. The van der Waals surface area contributed by atoms with Crippen molar-refractivity contribution in [3.05, 3.63) is 66.1 Å². The second kappa shape index (κ2) is 13.2. The summed E-state index contributed by atoms with van der Waals surface area (Å²) in [5.41, 5.74) is 4.58. The Morgan fingerprint density at radius 1 is 0.920 bits per heavy atom. The van der Waals surface area contributed by atoms with E-state index < -0.39 is 11.2 Å². The molecule has 11 nitrogen and oxygen atoms in total. The summed E-state index contributed by atoms with van der Waals surface area (Å²) < 4.78 is 23.7. The first-order chi connectivity index (χ1) is 23.8. The summed E-state index contributed by atoms with van der Waals surface area (Å²) in [4.78, 5) is 40.3. The molecule has 4 aromatic rings. The van der Waals surface area contributed by atoms with Crippen molar-refractivity contribution in [3.63, 3.8) is 0 Å². The normalized spacial score (nSPS) is 20.4. The zero-order valence-corrected chi connectivity index (χ0v) is 29.8. The van der Waals surface area contributed by atoms with Gasteiger partial charge in [-0.05, 0) is 96.0 Å². The van der Waals surface area contributed by atoms with Crippen molar-refractivity contribution in [2.45, 2.75) is 109 Å². The van der Waals surface area contributed by atoms with E-state index in [1.807, 2.05) is 53.8 Å². The number of hydrogen-bond donors (Lipinski definition) is 2. The Kier molecular flexibility index (Phi) is 8.86. The minimum Gasteiger partial charge on any atom is -0.492 e. The van der Waals surface area contributed by atoms with Crippen LogP contribution in [-0.4, -0.2) is 62.4 Å². The summed E-state index contributed by atoms with van der Waals surface area (Å²) >= 11 is 0. The number of fused-ring (bicyclic) bond motifs is 3. The van der Waals surface area contributed by atoms with Gasteiger partial charge in [0.2, 0.25) is 5.89 Å². The number of oxazole rings is 1. The van der Waals surface area contributed by atoms with Gasteiger partial charge in [0.25, 0.3) is 0 Å². The van der Waals surface area contributed by atoms with E-state index in [-0.39, 0.29) is 30.2 Å². The third-order valence-corrected chi connectivity index (χ3v) is 9.40. The van der Waals surface area contributed by atoms with Crippen molar-refractivity contribution < 1.29 is 28.2 Å². The molecule has 3 atom stereocenters. The number of carbonyl (C=O) groups excluding carboxylic acids is 2. The number of alkyl carbamates (subject to hydrolysis) is 1. The fourth-order valence-electron chi connectivity index (χ4n) is 7.16. The summed E-state index contributed by atoms with van der Waals surface area (Å²) in [6.07, 6.45) is 6.25. The Balaban J connectivity index is 1.06. The summed E-state index contributed by atoms with van der Waals surface area (Å²) in [5.74, 6) is 3.07. The van der Waals surface area contributed by atoms with Crippen LogP contribution in [0.5, 0.6) is 5.75 Å².